The Morgan fingerprint density at radius 1 is 1.30 bits per heavy atom. The first-order valence-electron chi connectivity index (χ1n) is 5.78. The first kappa shape index (κ1) is 15.2. The Bertz CT molecular complexity index is 540. The van der Waals surface area contributed by atoms with Crippen molar-refractivity contribution >= 4 is 29.7 Å². The number of urea groups is 1. The second-order valence-electron chi connectivity index (χ2n) is 3.78. The number of hydrogen-bond acceptors (Lipinski definition) is 3. The molecule has 20 heavy (non-hydrogen) atoms. The van der Waals surface area contributed by atoms with Gasteiger partial charge in [0.1, 0.15) is 0 Å². The Labute approximate surface area is 115 Å². The number of anilines is 1. The molecule has 1 rings (SSSR count). The molecule has 4 N–H and O–H groups in total. The van der Waals surface area contributed by atoms with Crippen LogP contribution in [-0.4, -0.2) is 36.6 Å². The van der Waals surface area contributed by atoms with Crippen LogP contribution in [0.2, 0.25) is 0 Å². The van der Waals surface area contributed by atoms with Crippen LogP contribution < -0.4 is 16.0 Å². The van der Waals surface area contributed by atoms with Crippen LogP contribution in [0.1, 0.15) is 5.56 Å². The molecule has 0 saturated heterocycles. The van der Waals surface area contributed by atoms with Gasteiger partial charge in [0.15, 0.2) is 0 Å². The Morgan fingerprint density at radius 2 is 2.05 bits per heavy atom. The van der Waals surface area contributed by atoms with Gasteiger partial charge in [0, 0.05) is 18.8 Å². The van der Waals surface area contributed by atoms with Crippen LogP contribution in [-0.2, 0) is 9.59 Å². The number of carbonyl (C=O) groups is 3. The molecule has 1 aromatic carbocycles. The lowest BCUT2D eigenvalue weighted by atomic mass is 10.2. The standard InChI is InChI=1S/C13H15N3O4/c1-14-11(17)8-15-13(20)16-10-4-2-3-9(7-10)5-6-12(18)19/h2-7H,8H2,1H3,(H,14,17)(H,18,19)(H2,15,16,20)/b6-5+. The molecule has 0 spiro atoms. The summed E-state index contributed by atoms with van der Waals surface area (Å²) in [5.41, 5.74) is 1.13. The van der Waals surface area contributed by atoms with E-state index < -0.39 is 12.0 Å². The van der Waals surface area contributed by atoms with Gasteiger partial charge in [-0.05, 0) is 23.8 Å². The number of rotatable bonds is 5. The molecule has 0 aromatic heterocycles. The lowest BCUT2D eigenvalue weighted by molar-refractivity contribution is -0.131. The van der Waals surface area contributed by atoms with Crippen molar-refractivity contribution in [1.82, 2.24) is 10.6 Å². The summed E-state index contributed by atoms with van der Waals surface area (Å²) >= 11 is 0. The number of hydrogen-bond donors (Lipinski definition) is 4. The summed E-state index contributed by atoms with van der Waals surface area (Å²) in [7, 11) is 1.47. The molecule has 0 bridgehead atoms. The van der Waals surface area contributed by atoms with Crippen LogP contribution in [0.15, 0.2) is 30.3 Å². The molecular weight excluding hydrogens is 262 g/mol. The van der Waals surface area contributed by atoms with Crippen LogP contribution in [0.5, 0.6) is 0 Å². The summed E-state index contributed by atoms with van der Waals surface area (Å²) in [5.74, 6) is -1.36. The highest BCUT2D eigenvalue weighted by Crippen LogP contribution is 2.11. The van der Waals surface area contributed by atoms with E-state index in [1.165, 1.54) is 13.1 Å². The fraction of sp³-hybridized carbons (Fsp3) is 0.154. The van der Waals surface area contributed by atoms with Gasteiger partial charge < -0.3 is 21.1 Å². The van der Waals surface area contributed by atoms with Crippen molar-refractivity contribution in [2.45, 2.75) is 0 Å². The second-order valence-corrected chi connectivity index (χ2v) is 3.78. The van der Waals surface area contributed by atoms with Crippen molar-refractivity contribution in [2.75, 3.05) is 18.9 Å². The number of nitrogens with one attached hydrogen (secondary N) is 3. The molecule has 0 radical (unpaired) electrons. The average molecular weight is 277 g/mol. The zero-order valence-corrected chi connectivity index (χ0v) is 10.8. The zero-order valence-electron chi connectivity index (χ0n) is 10.8. The molecule has 7 heteroatoms. The van der Waals surface area contributed by atoms with Gasteiger partial charge in [0.05, 0.1) is 6.54 Å². The number of aliphatic carboxylic acids is 1. The SMILES string of the molecule is CNC(=O)CNC(=O)Nc1cccc(/C=C/C(=O)O)c1. The molecule has 0 fully saturated rings. The van der Waals surface area contributed by atoms with E-state index in [4.69, 9.17) is 5.11 Å². The topological polar surface area (TPSA) is 108 Å². The van der Waals surface area contributed by atoms with Gasteiger partial charge >= 0.3 is 12.0 Å². The Hall–Kier alpha value is -2.83. The highest BCUT2D eigenvalue weighted by atomic mass is 16.4. The zero-order chi connectivity index (χ0) is 15.0. The molecule has 0 heterocycles. The number of carboxylic acid groups (broad SMARTS) is 1. The Balaban J connectivity index is 2.59. The number of benzene rings is 1. The van der Waals surface area contributed by atoms with Crippen LogP contribution in [0.25, 0.3) is 6.08 Å². The minimum Gasteiger partial charge on any atom is -0.478 e. The first-order valence-corrected chi connectivity index (χ1v) is 5.78. The molecule has 1 aromatic rings. The molecule has 0 aliphatic carbocycles. The van der Waals surface area contributed by atoms with Crippen molar-refractivity contribution in [1.29, 1.82) is 0 Å². The van der Waals surface area contributed by atoms with Gasteiger partial charge in [-0.1, -0.05) is 12.1 Å². The summed E-state index contributed by atoms with van der Waals surface area (Å²) in [4.78, 5) is 32.9. The predicted molar refractivity (Wildman–Crippen MR) is 74.2 cm³/mol. The molecule has 0 aliphatic rings. The molecule has 7 nitrogen and oxygen atoms in total. The van der Waals surface area contributed by atoms with Crippen LogP contribution in [0.4, 0.5) is 10.5 Å². The smallest absolute Gasteiger partial charge is 0.328 e. The number of likely N-dealkylation sites (N-methyl/N-ethyl adjacent to an activating group) is 1. The van der Waals surface area contributed by atoms with Gasteiger partial charge in [0.2, 0.25) is 5.91 Å². The van der Waals surface area contributed by atoms with E-state index in [1.807, 2.05) is 0 Å². The van der Waals surface area contributed by atoms with E-state index in [9.17, 15) is 14.4 Å². The minimum absolute atomic E-state index is 0.124. The van der Waals surface area contributed by atoms with Crippen molar-refractivity contribution < 1.29 is 19.5 Å². The quantitative estimate of drug-likeness (QED) is 0.593. The summed E-state index contributed by atoms with van der Waals surface area (Å²) in [6.45, 7) is -0.124. The van der Waals surface area contributed by atoms with Crippen molar-refractivity contribution in [2.24, 2.45) is 0 Å². The average Bonchev–Trinajstić information content (AvgIpc) is 2.43. The summed E-state index contributed by atoms with van der Waals surface area (Å²) < 4.78 is 0. The lowest BCUT2D eigenvalue weighted by Gasteiger charge is -2.07. The third-order valence-electron chi connectivity index (χ3n) is 2.25. The molecule has 106 valence electrons. The van der Waals surface area contributed by atoms with E-state index >= 15 is 0 Å². The number of carboxylic acids is 1. The molecule has 0 aliphatic heterocycles. The van der Waals surface area contributed by atoms with Gasteiger partial charge in [-0.25, -0.2) is 9.59 Å². The maximum atomic E-state index is 11.5. The molecular formula is C13H15N3O4. The van der Waals surface area contributed by atoms with Gasteiger partial charge in [0.25, 0.3) is 0 Å². The van der Waals surface area contributed by atoms with E-state index in [0.717, 1.165) is 6.08 Å². The maximum absolute atomic E-state index is 11.5. The largest absolute Gasteiger partial charge is 0.478 e. The fourth-order valence-electron chi connectivity index (χ4n) is 1.31. The first-order chi connectivity index (χ1) is 9.51. The number of carbonyl (C=O) groups excluding carboxylic acids is 2. The van der Waals surface area contributed by atoms with E-state index in [-0.39, 0.29) is 12.5 Å². The third-order valence-corrected chi connectivity index (χ3v) is 2.25. The van der Waals surface area contributed by atoms with Gasteiger partial charge in [-0.15, -0.1) is 0 Å². The Morgan fingerprint density at radius 3 is 2.70 bits per heavy atom. The monoisotopic (exact) mass is 277 g/mol. The Kier molecular flexibility index (Phi) is 5.76. The van der Waals surface area contributed by atoms with Crippen LogP contribution in [0.3, 0.4) is 0 Å². The molecule has 0 unspecified atom stereocenters. The third kappa shape index (κ3) is 5.67. The van der Waals surface area contributed by atoms with Gasteiger partial charge in [-0.2, -0.15) is 0 Å². The van der Waals surface area contributed by atoms with E-state index in [2.05, 4.69) is 16.0 Å². The summed E-state index contributed by atoms with van der Waals surface area (Å²) in [6.07, 6.45) is 2.42. The normalized spacial score (nSPS) is 10.1. The summed E-state index contributed by atoms with van der Waals surface area (Å²) in [5, 5.41) is 15.8. The predicted octanol–water partition coefficient (Wildman–Crippen LogP) is 0.652. The van der Waals surface area contributed by atoms with Gasteiger partial charge in [-0.3, -0.25) is 4.79 Å². The summed E-state index contributed by atoms with van der Waals surface area (Å²) in [6, 6.07) is 6.12. The molecule has 0 saturated carbocycles. The van der Waals surface area contributed by atoms with Crippen molar-refractivity contribution in [3.8, 4) is 0 Å². The highest BCUT2D eigenvalue weighted by molar-refractivity contribution is 5.92. The van der Waals surface area contributed by atoms with E-state index in [1.54, 1.807) is 24.3 Å². The molecule has 3 amide bonds. The van der Waals surface area contributed by atoms with E-state index in [0.29, 0.717) is 11.3 Å². The second kappa shape index (κ2) is 7.57. The molecule has 0 atom stereocenters. The number of amides is 3. The van der Waals surface area contributed by atoms with Crippen molar-refractivity contribution in [3.63, 3.8) is 0 Å². The van der Waals surface area contributed by atoms with Crippen molar-refractivity contribution in [3.05, 3.63) is 35.9 Å². The minimum atomic E-state index is -1.05. The van der Waals surface area contributed by atoms with Crippen LogP contribution >= 0.6 is 0 Å². The van der Waals surface area contributed by atoms with Crippen LogP contribution in [0, 0.1) is 0 Å². The lowest BCUT2D eigenvalue weighted by Crippen LogP contribution is -2.37. The fourth-order valence-corrected chi connectivity index (χ4v) is 1.31. The highest BCUT2D eigenvalue weighted by Gasteiger charge is 2.04. The maximum Gasteiger partial charge on any atom is 0.328 e.